The van der Waals surface area contributed by atoms with Crippen LogP contribution in [0.25, 0.3) is 0 Å². The van der Waals surface area contributed by atoms with Gasteiger partial charge in [-0.2, -0.15) is 0 Å². The summed E-state index contributed by atoms with van der Waals surface area (Å²) in [4.78, 5) is 9.25. The molecule has 0 amide bonds. The maximum Gasteiger partial charge on any atom is 0.327 e. The molecule has 0 radical (unpaired) electrons. The molecular weight excluding hydrogens is 412 g/mol. The van der Waals surface area contributed by atoms with Crippen molar-refractivity contribution in [2.24, 2.45) is 0 Å². The average molecular weight is 451 g/mol. The molecule has 32 heavy (non-hydrogen) atoms. The largest absolute Gasteiger partial charge is 0.491 e. The van der Waals surface area contributed by atoms with Gasteiger partial charge in [-0.15, -0.1) is 0 Å². The molecule has 180 valence electrons. The molecule has 2 rings (SSSR count). The van der Waals surface area contributed by atoms with Crippen LogP contribution in [-0.4, -0.2) is 56.2 Å². The van der Waals surface area contributed by atoms with E-state index in [2.05, 4.69) is 20.4 Å². The average Bonchev–Trinajstić information content (AvgIpc) is 2.81. The Balaban J connectivity index is 0. The van der Waals surface area contributed by atoms with E-state index in [1.165, 1.54) is 0 Å². The zero-order valence-corrected chi connectivity index (χ0v) is 19.2. The van der Waals surface area contributed by atoms with Crippen LogP contribution in [0.4, 0.5) is 0 Å². The van der Waals surface area contributed by atoms with Crippen LogP contribution in [-0.2, 0) is 14.3 Å². The number of hydrogen-bond donors (Lipinski definition) is 1. The van der Waals surface area contributed by atoms with Crippen molar-refractivity contribution in [2.45, 2.75) is 26.7 Å². The maximum absolute atomic E-state index is 9.25. The molecule has 7 heteroatoms. The highest BCUT2D eigenvalue weighted by molar-refractivity contribution is 5.78. The highest BCUT2D eigenvalue weighted by atomic mass is 16.5. The second kappa shape index (κ2) is 24.4. The van der Waals surface area contributed by atoms with Crippen LogP contribution in [0.3, 0.4) is 0 Å². The van der Waals surface area contributed by atoms with Crippen molar-refractivity contribution in [2.75, 3.05) is 39.6 Å². The van der Waals surface area contributed by atoms with Crippen LogP contribution < -0.4 is 9.47 Å². The first-order valence-corrected chi connectivity index (χ1v) is 10.5. The zero-order valence-electron chi connectivity index (χ0n) is 19.2. The molecule has 0 aliphatic carbocycles. The van der Waals surface area contributed by atoms with Gasteiger partial charge >= 0.3 is 5.97 Å². The van der Waals surface area contributed by atoms with E-state index in [-0.39, 0.29) is 5.48 Å². The Bertz CT molecular complexity index is 598. The van der Waals surface area contributed by atoms with E-state index in [4.69, 9.17) is 24.1 Å². The molecule has 0 heterocycles. The molecule has 0 aliphatic rings. The van der Waals surface area contributed by atoms with E-state index in [0.29, 0.717) is 26.4 Å². The summed E-state index contributed by atoms with van der Waals surface area (Å²) in [6.07, 6.45) is 2.96. The zero-order chi connectivity index (χ0) is 23.0. The monoisotopic (exact) mass is 450 g/mol. The van der Waals surface area contributed by atoms with E-state index in [9.17, 15) is 4.79 Å². The summed E-state index contributed by atoms with van der Waals surface area (Å²) in [5, 5.41) is 7.60. The molecule has 0 atom stereocenters. The van der Waals surface area contributed by atoms with Gasteiger partial charge in [0, 0.05) is 19.3 Å². The first-order chi connectivity index (χ1) is 15.1. The molecule has 0 fully saturated rings. The van der Waals surface area contributed by atoms with Gasteiger partial charge in [0.1, 0.15) is 24.7 Å². The van der Waals surface area contributed by atoms with Gasteiger partial charge in [-0.25, -0.2) is 4.79 Å². The predicted molar refractivity (Wildman–Crippen MR) is 128 cm³/mol. The lowest BCUT2D eigenvalue weighted by atomic mass is 10.3. The van der Waals surface area contributed by atoms with Gasteiger partial charge in [-0.05, 0) is 37.1 Å². The fourth-order valence-corrected chi connectivity index (χ4v) is 1.96. The van der Waals surface area contributed by atoms with Crippen molar-refractivity contribution in [3.63, 3.8) is 0 Å². The van der Waals surface area contributed by atoms with Crippen molar-refractivity contribution in [1.29, 1.82) is 0 Å². The first kappa shape index (κ1) is 31.3. The van der Waals surface area contributed by atoms with Crippen LogP contribution in [0.5, 0.6) is 11.5 Å². The summed E-state index contributed by atoms with van der Waals surface area (Å²) in [6, 6.07) is 19.6. The summed E-state index contributed by atoms with van der Waals surface area (Å²) in [5.74, 6) is 0.829. The van der Waals surface area contributed by atoms with Gasteiger partial charge in [0.05, 0.1) is 13.2 Å². The number of rotatable bonds is 13. The van der Waals surface area contributed by atoms with Crippen molar-refractivity contribution >= 4 is 5.97 Å². The molecule has 2 aromatic carbocycles. The van der Waals surface area contributed by atoms with Crippen LogP contribution in [0.2, 0.25) is 0 Å². The van der Waals surface area contributed by atoms with Gasteiger partial charge in [0.2, 0.25) is 0 Å². The van der Waals surface area contributed by atoms with E-state index in [0.717, 1.165) is 43.6 Å². The molecule has 0 unspecified atom stereocenters. The van der Waals surface area contributed by atoms with Crippen molar-refractivity contribution in [3.05, 3.63) is 73.3 Å². The molecule has 0 aromatic heterocycles. The Hall–Kier alpha value is -2.87. The highest BCUT2D eigenvalue weighted by Gasteiger charge is 1.91. The Morgan fingerprint density at radius 3 is 1.38 bits per heavy atom. The van der Waals surface area contributed by atoms with Crippen LogP contribution in [0.1, 0.15) is 26.7 Å². The fraction of sp³-hybridized carbons (Fsp3) is 0.400. The van der Waals surface area contributed by atoms with Crippen molar-refractivity contribution in [3.8, 4) is 11.5 Å². The summed E-state index contributed by atoms with van der Waals surface area (Å²) in [6.45, 7) is 11.4. The summed E-state index contributed by atoms with van der Waals surface area (Å²) in [5.41, 5.74) is 0. The Kier molecular flexibility index (Phi) is 23.9. The van der Waals surface area contributed by atoms with E-state index >= 15 is 0 Å². The van der Waals surface area contributed by atoms with E-state index in [1.54, 1.807) is 0 Å². The molecule has 0 aliphatic heterocycles. The van der Waals surface area contributed by atoms with Crippen molar-refractivity contribution < 1.29 is 34.3 Å². The SMILES string of the molecule is C=CC(=O)O.CCCOCCOc1ccccc1.CCCOCCOc1ccccc1.O. The van der Waals surface area contributed by atoms with Gasteiger partial charge in [-0.3, -0.25) is 0 Å². The number of carboxylic acid groups (broad SMARTS) is 1. The van der Waals surface area contributed by atoms with Gasteiger partial charge in [0.15, 0.2) is 0 Å². The van der Waals surface area contributed by atoms with Gasteiger partial charge in [-0.1, -0.05) is 56.8 Å². The van der Waals surface area contributed by atoms with E-state index < -0.39 is 5.97 Å². The number of para-hydroxylation sites is 2. The smallest absolute Gasteiger partial charge is 0.327 e. The molecule has 0 spiro atoms. The van der Waals surface area contributed by atoms with Crippen molar-refractivity contribution in [1.82, 2.24) is 0 Å². The Morgan fingerprint density at radius 2 is 1.09 bits per heavy atom. The fourth-order valence-electron chi connectivity index (χ4n) is 1.96. The third kappa shape index (κ3) is 21.8. The number of carboxylic acids is 1. The summed E-state index contributed by atoms with van der Waals surface area (Å²) < 4.78 is 21.4. The standard InChI is InChI=1S/2C11H16O2.C3H4O2.H2O/c2*1-2-8-12-9-10-13-11-6-4-3-5-7-11;1-2-3(4)5;/h2*3-7H,2,8-10H2,1H3;2H,1H2,(H,4,5);1H2. The summed E-state index contributed by atoms with van der Waals surface area (Å²) >= 11 is 0. The Labute approximate surface area is 191 Å². The van der Waals surface area contributed by atoms with E-state index in [1.807, 2.05) is 60.7 Å². The van der Waals surface area contributed by atoms with Crippen LogP contribution in [0.15, 0.2) is 73.3 Å². The molecule has 0 saturated heterocycles. The maximum atomic E-state index is 9.25. The second-order valence-corrected chi connectivity index (χ2v) is 6.09. The molecular formula is C25H38O7. The molecule has 0 saturated carbocycles. The Morgan fingerprint density at radius 1 is 0.750 bits per heavy atom. The third-order valence-electron chi connectivity index (χ3n) is 3.35. The third-order valence-corrected chi connectivity index (χ3v) is 3.35. The minimum atomic E-state index is -0.981. The number of aliphatic carboxylic acids is 1. The predicted octanol–water partition coefficient (Wildman–Crippen LogP) is 4.42. The van der Waals surface area contributed by atoms with Crippen LogP contribution >= 0.6 is 0 Å². The van der Waals surface area contributed by atoms with Crippen LogP contribution in [0, 0.1) is 0 Å². The first-order valence-electron chi connectivity index (χ1n) is 10.5. The molecule has 7 nitrogen and oxygen atoms in total. The minimum Gasteiger partial charge on any atom is -0.491 e. The van der Waals surface area contributed by atoms with Gasteiger partial charge in [0.25, 0.3) is 0 Å². The molecule has 2 aromatic rings. The lowest BCUT2D eigenvalue weighted by Crippen LogP contribution is -2.06. The number of hydrogen-bond acceptors (Lipinski definition) is 5. The lowest BCUT2D eigenvalue weighted by molar-refractivity contribution is -0.131. The number of carbonyl (C=O) groups is 1. The quantitative estimate of drug-likeness (QED) is 0.358. The number of ether oxygens (including phenoxy) is 4. The molecule has 0 bridgehead atoms. The number of benzene rings is 2. The second-order valence-electron chi connectivity index (χ2n) is 6.09. The normalized spacial score (nSPS) is 9.06. The topological polar surface area (TPSA) is 106 Å². The van der Waals surface area contributed by atoms with Gasteiger partial charge < -0.3 is 29.5 Å². The summed E-state index contributed by atoms with van der Waals surface area (Å²) in [7, 11) is 0. The molecule has 3 N–H and O–H groups in total. The highest BCUT2D eigenvalue weighted by Crippen LogP contribution is 2.08. The minimum absolute atomic E-state index is 0. The lowest BCUT2D eigenvalue weighted by Gasteiger charge is -2.05.